The summed E-state index contributed by atoms with van der Waals surface area (Å²) in [6.45, 7) is 10.6. The van der Waals surface area contributed by atoms with E-state index in [-0.39, 0.29) is 18.4 Å². The maximum absolute atomic E-state index is 11.2. The summed E-state index contributed by atoms with van der Waals surface area (Å²) in [4.78, 5) is 13.6. The fourth-order valence-corrected chi connectivity index (χ4v) is 6.25. The van der Waals surface area contributed by atoms with Gasteiger partial charge in [0, 0.05) is 54.0 Å². The van der Waals surface area contributed by atoms with Gasteiger partial charge in [0.1, 0.15) is 23.9 Å². The van der Waals surface area contributed by atoms with E-state index in [1.165, 1.54) is 5.56 Å². The van der Waals surface area contributed by atoms with Crippen LogP contribution in [0.2, 0.25) is 0 Å². The molecule has 1 saturated heterocycles. The predicted octanol–water partition coefficient (Wildman–Crippen LogP) is 5.57. The molecule has 3 aromatic rings. The summed E-state index contributed by atoms with van der Waals surface area (Å²) in [5.74, 6) is 1.66. The van der Waals surface area contributed by atoms with E-state index in [4.69, 9.17) is 18.9 Å². The Kier molecular flexibility index (Phi) is 8.03. The molecule has 0 radical (unpaired) electrons. The lowest BCUT2D eigenvalue weighted by Gasteiger charge is -2.26. The maximum Gasteiger partial charge on any atom is 0.304 e. The Morgan fingerprint density at radius 1 is 1.02 bits per heavy atom. The standard InChI is InChI=1S/C33H38N2O6/c1-21-15-25(39-12-4-9-35-10-13-38-14-11-35)16-22(2)32(21)28-6-3-5-27-29(20-41-33(27)28)34-24-7-8-26-23(17-31(36)37)19-40-30(26)18-24/h3,5-8,15-16,18,23,29,34H,4,9-14,17,19-20H2,1-2H3,(H,36,37)/t23-,29-/m1/s1. The average Bonchev–Trinajstić information content (AvgIpc) is 3.55. The summed E-state index contributed by atoms with van der Waals surface area (Å²) < 4.78 is 23.7. The molecule has 8 heteroatoms. The molecule has 0 saturated carbocycles. The highest BCUT2D eigenvalue weighted by atomic mass is 16.5. The molecule has 0 bridgehead atoms. The second kappa shape index (κ2) is 12.0. The fourth-order valence-electron chi connectivity index (χ4n) is 6.25. The average molecular weight is 559 g/mol. The van der Waals surface area contributed by atoms with Gasteiger partial charge in [-0.3, -0.25) is 9.69 Å². The number of benzene rings is 3. The summed E-state index contributed by atoms with van der Waals surface area (Å²) >= 11 is 0. The molecule has 0 unspecified atom stereocenters. The van der Waals surface area contributed by atoms with Gasteiger partial charge in [-0.1, -0.05) is 24.3 Å². The van der Waals surface area contributed by atoms with Crippen molar-refractivity contribution in [3.63, 3.8) is 0 Å². The van der Waals surface area contributed by atoms with Crippen molar-refractivity contribution >= 4 is 11.7 Å². The minimum absolute atomic E-state index is 0.00564. The van der Waals surface area contributed by atoms with Crippen LogP contribution >= 0.6 is 0 Å². The number of ether oxygens (including phenoxy) is 4. The molecule has 3 aromatic carbocycles. The molecule has 0 spiro atoms. The highest BCUT2D eigenvalue weighted by Crippen LogP contribution is 2.45. The van der Waals surface area contributed by atoms with Gasteiger partial charge < -0.3 is 29.4 Å². The number of para-hydroxylation sites is 1. The lowest BCUT2D eigenvalue weighted by atomic mass is 9.92. The summed E-state index contributed by atoms with van der Waals surface area (Å²) in [6.07, 6.45) is 1.07. The van der Waals surface area contributed by atoms with Crippen molar-refractivity contribution in [1.82, 2.24) is 4.90 Å². The normalized spacial score (nSPS) is 19.7. The lowest BCUT2D eigenvalue weighted by molar-refractivity contribution is -0.137. The van der Waals surface area contributed by atoms with Crippen LogP contribution < -0.4 is 19.5 Å². The van der Waals surface area contributed by atoms with Crippen LogP contribution in [0.1, 0.15) is 47.1 Å². The zero-order valence-corrected chi connectivity index (χ0v) is 23.8. The third-order valence-electron chi connectivity index (χ3n) is 8.24. The zero-order valence-electron chi connectivity index (χ0n) is 23.8. The number of rotatable bonds is 10. The molecule has 2 N–H and O–H groups in total. The number of hydrogen-bond acceptors (Lipinski definition) is 7. The van der Waals surface area contributed by atoms with Crippen LogP contribution in [0.25, 0.3) is 11.1 Å². The van der Waals surface area contributed by atoms with Gasteiger partial charge in [-0.2, -0.15) is 0 Å². The van der Waals surface area contributed by atoms with Crippen LogP contribution in [0, 0.1) is 13.8 Å². The molecule has 3 aliphatic rings. The number of fused-ring (bicyclic) bond motifs is 2. The number of morpholine rings is 1. The minimum Gasteiger partial charge on any atom is -0.494 e. The van der Waals surface area contributed by atoms with Gasteiger partial charge in [-0.05, 0) is 55.2 Å². The van der Waals surface area contributed by atoms with Gasteiger partial charge >= 0.3 is 5.97 Å². The number of carboxylic acids is 1. The number of carboxylic acid groups (broad SMARTS) is 1. The maximum atomic E-state index is 11.2. The molecule has 216 valence electrons. The number of aliphatic carboxylic acids is 1. The third-order valence-corrected chi connectivity index (χ3v) is 8.24. The first-order valence-electron chi connectivity index (χ1n) is 14.5. The fraction of sp³-hybridized carbons (Fsp3) is 0.424. The number of hydrogen-bond donors (Lipinski definition) is 2. The van der Waals surface area contributed by atoms with Crippen LogP contribution in [0.3, 0.4) is 0 Å². The Labute approximate surface area is 241 Å². The first kappa shape index (κ1) is 27.4. The van der Waals surface area contributed by atoms with E-state index in [0.717, 1.165) is 90.0 Å². The van der Waals surface area contributed by atoms with E-state index >= 15 is 0 Å². The van der Waals surface area contributed by atoms with E-state index in [1.54, 1.807) is 0 Å². The molecule has 8 nitrogen and oxygen atoms in total. The molecule has 0 aliphatic carbocycles. The van der Waals surface area contributed by atoms with Crippen molar-refractivity contribution in [3.05, 3.63) is 70.8 Å². The number of carbonyl (C=O) groups is 1. The number of nitrogens with one attached hydrogen (secondary N) is 1. The molecule has 0 amide bonds. The van der Waals surface area contributed by atoms with Crippen LogP contribution in [0.15, 0.2) is 48.5 Å². The van der Waals surface area contributed by atoms with Crippen molar-refractivity contribution in [2.24, 2.45) is 0 Å². The number of aryl methyl sites for hydroxylation is 2. The van der Waals surface area contributed by atoms with Crippen LogP contribution in [0.4, 0.5) is 5.69 Å². The van der Waals surface area contributed by atoms with E-state index in [0.29, 0.717) is 19.8 Å². The van der Waals surface area contributed by atoms with Crippen LogP contribution in [-0.2, 0) is 9.53 Å². The van der Waals surface area contributed by atoms with E-state index in [1.807, 2.05) is 18.2 Å². The minimum atomic E-state index is -0.809. The Bertz CT molecular complexity index is 1390. The second-order valence-corrected chi connectivity index (χ2v) is 11.2. The van der Waals surface area contributed by atoms with E-state index in [9.17, 15) is 9.90 Å². The molecular weight excluding hydrogens is 520 g/mol. The quantitative estimate of drug-likeness (QED) is 0.313. The van der Waals surface area contributed by atoms with Crippen LogP contribution in [0.5, 0.6) is 17.2 Å². The molecule has 1 fully saturated rings. The summed E-state index contributed by atoms with van der Waals surface area (Å²) in [7, 11) is 0. The van der Waals surface area contributed by atoms with Crippen LogP contribution in [-0.4, -0.2) is 68.6 Å². The van der Waals surface area contributed by atoms with E-state index < -0.39 is 5.97 Å². The molecule has 0 aromatic heterocycles. The monoisotopic (exact) mass is 558 g/mol. The van der Waals surface area contributed by atoms with Gasteiger partial charge in [0.15, 0.2) is 0 Å². The lowest BCUT2D eigenvalue weighted by Crippen LogP contribution is -2.37. The Morgan fingerprint density at radius 2 is 1.83 bits per heavy atom. The van der Waals surface area contributed by atoms with Crippen molar-refractivity contribution in [2.45, 2.75) is 38.6 Å². The number of nitrogens with zero attached hydrogens (tertiary/aromatic N) is 1. The summed E-state index contributed by atoms with van der Waals surface area (Å²) in [5.41, 5.74) is 7.59. The largest absolute Gasteiger partial charge is 0.494 e. The van der Waals surface area contributed by atoms with Crippen molar-refractivity contribution in [3.8, 4) is 28.4 Å². The Morgan fingerprint density at radius 3 is 2.61 bits per heavy atom. The SMILES string of the molecule is Cc1cc(OCCCN2CCOCC2)cc(C)c1-c1cccc2c1OC[C@H]2Nc1ccc2c(c1)OC[C@H]2CC(=O)O. The van der Waals surface area contributed by atoms with Crippen molar-refractivity contribution in [2.75, 3.05) is 58.0 Å². The van der Waals surface area contributed by atoms with Gasteiger partial charge in [-0.25, -0.2) is 0 Å². The van der Waals surface area contributed by atoms with Crippen molar-refractivity contribution < 1.29 is 28.8 Å². The Balaban J connectivity index is 1.14. The summed E-state index contributed by atoms with van der Waals surface area (Å²) in [6, 6.07) is 16.5. The molecular formula is C33H38N2O6. The highest BCUT2D eigenvalue weighted by molar-refractivity contribution is 5.79. The van der Waals surface area contributed by atoms with Gasteiger partial charge in [-0.15, -0.1) is 0 Å². The topological polar surface area (TPSA) is 89.5 Å². The molecule has 41 heavy (non-hydrogen) atoms. The smallest absolute Gasteiger partial charge is 0.304 e. The predicted molar refractivity (Wildman–Crippen MR) is 158 cm³/mol. The van der Waals surface area contributed by atoms with Gasteiger partial charge in [0.2, 0.25) is 0 Å². The summed E-state index contributed by atoms with van der Waals surface area (Å²) in [5, 5.41) is 12.8. The first-order chi connectivity index (χ1) is 20.0. The Hall–Kier alpha value is -3.75. The molecule has 2 atom stereocenters. The first-order valence-corrected chi connectivity index (χ1v) is 14.5. The van der Waals surface area contributed by atoms with Gasteiger partial charge in [0.25, 0.3) is 0 Å². The van der Waals surface area contributed by atoms with Crippen molar-refractivity contribution in [1.29, 1.82) is 0 Å². The second-order valence-electron chi connectivity index (χ2n) is 11.2. The zero-order chi connectivity index (χ0) is 28.3. The molecule has 3 heterocycles. The van der Waals surface area contributed by atoms with E-state index in [2.05, 4.69) is 54.4 Å². The molecule has 3 aliphatic heterocycles. The van der Waals surface area contributed by atoms with Gasteiger partial charge in [0.05, 0.1) is 38.9 Å². The third kappa shape index (κ3) is 5.99. The molecule has 6 rings (SSSR count). The number of anilines is 1. The highest BCUT2D eigenvalue weighted by Gasteiger charge is 2.30.